The third-order valence-electron chi connectivity index (χ3n) is 3.29. The van der Waals surface area contributed by atoms with Gasteiger partial charge >= 0.3 is 0 Å². The molecular formula is C14H19BrN2O2. The summed E-state index contributed by atoms with van der Waals surface area (Å²) in [5.41, 5.74) is 1.04. The van der Waals surface area contributed by atoms with Gasteiger partial charge in [-0.05, 0) is 31.5 Å². The van der Waals surface area contributed by atoms with Crippen molar-refractivity contribution in [2.24, 2.45) is 5.92 Å². The molecule has 1 heterocycles. The third-order valence-corrected chi connectivity index (χ3v) is 3.78. The van der Waals surface area contributed by atoms with E-state index in [0.29, 0.717) is 19.7 Å². The number of benzene rings is 1. The molecule has 2 rings (SSSR count). The summed E-state index contributed by atoms with van der Waals surface area (Å²) in [5.74, 6) is 0.104. The smallest absolute Gasteiger partial charge is 0.225 e. The SMILES string of the molecule is C[C@@H]1OCC[C@H]1C(=O)NCCNc1cccc(Br)c1. The van der Waals surface area contributed by atoms with Crippen LogP contribution in [-0.2, 0) is 9.53 Å². The molecule has 2 atom stereocenters. The number of halogens is 1. The summed E-state index contributed by atoms with van der Waals surface area (Å²) >= 11 is 3.42. The molecule has 0 unspecified atom stereocenters. The number of nitrogens with one attached hydrogen (secondary N) is 2. The van der Waals surface area contributed by atoms with Crippen LogP contribution in [0.5, 0.6) is 0 Å². The molecule has 19 heavy (non-hydrogen) atoms. The first-order chi connectivity index (χ1) is 9.16. The Morgan fingerprint density at radius 2 is 2.32 bits per heavy atom. The van der Waals surface area contributed by atoms with Gasteiger partial charge < -0.3 is 15.4 Å². The van der Waals surface area contributed by atoms with E-state index in [0.717, 1.165) is 16.6 Å². The summed E-state index contributed by atoms with van der Waals surface area (Å²) < 4.78 is 6.43. The number of carbonyl (C=O) groups is 1. The lowest BCUT2D eigenvalue weighted by atomic mass is 10.0. The second kappa shape index (κ2) is 6.91. The van der Waals surface area contributed by atoms with Crippen LogP contribution in [0.3, 0.4) is 0 Å². The van der Waals surface area contributed by atoms with Gasteiger partial charge in [0.05, 0.1) is 12.0 Å². The zero-order valence-electron chi connectivity index (χ0n) is 11.0. The molecule has 5 heteroatoms. The standard InChI is InChI=1S/C14H19BrN2O2/c1-10-13(5-8-19-10)14(18)17-7-6-16-12-4-2-3-11(15)9-12/h2-4,9-10,13,16H,5-8H2,1H3,(H,17,18)/t10-,13+/m0/s1. The van der Waals surface area contributed by atoms with Gasteiger partial charge in [0.15, 0.2) is 0 Å². The molecule has 4 nitrogen and oxygen atoms in total. The Hall–Kier alpha value is -1.07. The van der Waals surface area contributed by atoms with E-state index in [-0.39, 0.29) is 17.9 Å². The molecule has 1 saturated heterocycles. The number of hydrogen-bond acceptors (Lipinski definition) is 3. The lowest BCUT2D eigenvalue weighted by molar-refractivity contribution is -0.126. The van der Waals surface area contributed by atoms with Gasteiger partial charge in [0.25, 0.3) is 0 Å². The lowest BCUT2D eigenvalue weighted by Gasteiger charge is -2.14. The molecule has 0 bridgehead atoms. The molecule has 0 radical (unpaired) electrons. The van der Waals surface area contributed by atoms with Crippen molar-refractivity contribution in [2.45, 2.75) is 19.4 Å². The van der Waals surface area contributed by atoms with Crippen LogP contribution in [0.1, 0.15) is 13.3 Å². The molecule has 1 amide bonds. The van der Waals surface area contributed by atoms with E-state index >= 15 is 0 Å². The largest absolute Gasteiger partial charge is 0.383 e. The first kappa shape index (κ1) is 14.3. The first-order valence-corrected chi connectivity index (χ1v) is 7.35. The molecule has 1 fully saturated rings. The summed E-state index contributed by atoms with van der Waals surface area (Å²) in [6.07, 6.45) is 0.865. The number of anilines is 1. The average Bonchev–Trinajstić information content (AvgIpc) is 2.81. The van der Waals surface area contributed by atoms with Crippen LogP contribution in [-0.4, -0.2) is 31.7 Å². The minimum Gasteiger partial charge on any atom is -0.383 e. The molecule has 0 spiro atoms. The molecule has 1 aromatic rings. The van der Waals surface area contributed by atoms with E-state index in [2.05, 4.69) is 26.6 Å². The average molecular weight is 327 g/mol. The number of hydrogen-bond donors (Lipinski definition) is 2. The van der Waals surface area contributed by atoms with Gasteiger partial charge in [-0.25, -0.2) is 0 Å². The second-order valence-corrected chi connectivity index (χ2v) is 5.61. The van der Waals surface area contributed by atoms with E-state index in [1.54, 1.807) is 0 Å². The normalized spacial score (nSPS) is 22.2. The summed E-state index contributed by atoms with van der Waals surface area (Å²) in [6, 6.07) is 7.96. The Balaban J connectivity index is 1.68. The van der Waals surface area contributed by atoms with Gasteiger partial charge in [-0.15, -0.1) is 0 Å². The van der Waals surface area contributed by atoms with Crippen LogP contribution in [0.15, 0.2) is 28.7 Å². The van der Waals surface area contributed by atoms with Gasteiger partial charge in [-0.3, -0.25) is 4.79 Å². The van der Waals surface area contributed by atoms with Gasteiger partial charge in [-0.2, -0.15) is 0 Å². The van der Waals surface area contributed by atoms with Crippen molar-refractivity contribution in [1.82, 2.24) is 5.32 Å². The zero-order chi connectivity index (χ0) is 13.7. The van der Waals surface area contributed by atoms with Crippen molar-refractivity contribution in [2.75, 3.05) is 25.0 Å². The lowest BCUT2D eigenvalue weighted by Crippen LogP contribution is -2.36. The first-order valence-electron chi connectivity index (χ1n) is 6.55. The number of rotatable bonds is 5. The third kappa shape index (κ3) is 4.21. The maximum Gasteiger partial charge on any atom is 0.225 e. The van der Waals surface area contributed by atoms with E-state index in [4.69, 9.17) is 4.74 Å². The molecular weight excluding hydrogens is 308 g/mol. The molecule has 104 valence electrons. The molecule has 1 aromatic carbocycles. The van der Waals surface area contributed by atoms with Crippen molar-refractivity contribution in [3.63, 3.8) is 0 Å². The quantitative estimate of drug-likeness (QED) is 0.817. The monoisotopic (exact) mass is 326 g/mol. The number of carbonyl (C=O) groups excluding carboxylic acids is 1. The number of ether oxygens (including phenoxy) is 1. The van der Waals surface area contributed by atoms with E-state index in [9.17, 15) is 4.79 Å². The molecule has 0 aromatic heterocycles. The minimum absolute atomic E-state index is 0.00543. The second-order valence-electron chi connectivity index (χ2n) is 4.70. The fourth-order valence-electron chi connectivity index (χ4n) is 2.20. The van der Waals surface area contributed by atoms with Gasteiger partial charge in [0, 0.05) is 29.9 Å². The molecule has 1 aliphatic heterocycles. The van der Waals surface area contributed by atoms with Crippen LogP contribution in [0.2, 0.25) is 0 Å². The summed E-state index contributed by atoms with van der Waals surface area (Å²) in [7, 11) is 0. The maximum atomic E-state index is 11.9. The van der Waals surface area contributed by atoms with Crippen molar-refractivity contribution in [1.29, 1.82) is 0 Å². The zero-order valence-corrected chi connectivity index (χ0v) is 12.6. The van der Waals surface area contributed by atoms with Crippen molar-refractivity contribution >= 4 is 27.5 Å². The van der Waals surface area contributed by atoms with E-state index in [1.807, 2.05) is 31.2 Å². The predicted molar refractivity (Wildman–Crippen MR) is 79.2 cm³/mol. The van der Waals surface area contributed by atoms with Crippen LogP contribution in [0.4, 0.5) is 5.69 Å². The Bertz CT molecular complexity index is 439. The van der Waals surface area contributed by atoms with Crippen LogP contribution < -0.4 is 10.6 Å². The summed E-state index contributed by atoms with van der Waals surface area (Å²) in [5, 5.41) is 6.21. The van der Waals surface area contributed by atoms with Crippen molar-refractivity contribution in [3.05, 3.63) is 28.7 Å². The summed E-state index contributed by atoms with van der Waals surface area (Å²) in [4.78, 5) is 11.9. The predicted octanol–water partition coefficient (Wildman–Crippen LogP) is 2.40. The Morgan fingerprint density at radius 3 is 3.00 bits per heavy atom. The molecule has 0 saturated carbocycles. The van der Waals surface area contributed by atoms with E-state index < -0.39 is 0 Å². The molecule has 1 aliphatic rings. The van der Waals surface area contributed by atoms with Gasteiger partial charge in [0.1, 0.15) is 0 Å². The maximum absolute atomic E-state index is 11.9. The minimum atomic E-state index is 0.00543. The Labute approximate surface area is 122 Å². The Kier molecular flexibility index (Phi) is 5.22. The van der Waals surface area contributed by atoms with Gasteiger partial charge in [0.2, 0.25) is 5.91 Å². The highest BCUT2D eigenvalue weighted by molar-refractivity contribution is 9.10. The van der Waals surface area contributed by atoms with Crippen LogP contribution >= 0.6 is 15.9 Å². The highest BCUT2D eigenvalue weighted by Crippen LogP contribution is 2.20. The number of amides is 1. The van der Waals surface area contributed by atoms with E-state index in [1.165, 1.54) is 0 Å². The molecule has 0 aliphatic carbocycles. The van der Waals surface area contributed by atoms with Gasteiger partial charge in [-0.1, -0.05) is 22.0 Å². The van der Waals surface area contributed by atoms with Crippen molar-refractivity contribution < 1.29 is 9.53 Å². The molecule has 2 N–H and O–H groups in total. The summed E-state index contributed by atoms with van der Waals surface area (Å²) in [6.45, 7) is 3.98. The fourth-order valence-corrected chi connectivity index (χ4v) is 2.60. The highest BCUT2D eigenvalue weighted by Gasteiger charge is 2.30. The fraction of sp³-hybridized carbons (Fsp3) is 0.500. The van der Waals surface area contributed by atoms with Crippen LogP contribution in [0, 0.1) is 5.92 Å². The topological polar surface area (TPSA) is 50.4 Å². The highest BCUT2D eigenvalue weighted by atomic mass is 79.9. The Morgan fingerprint density at radius 1 is 1.47 bits per heavy atom. The van der Waals surface area contributed by atoms with Crippen molar-refractivity contribution in [3.8, 4) is 0 Å². The van der Waals surface area contributed by atoms with Crippen LogP contribution in [0.25, 0.3) is 0 Å².